The second-order valence-corrected chi connectivity index (χ2v) is 7.48. The summed E-state index contributed by atoms with van der Waals surface area (Å²) in [5.41, 5.74) is 0.491. The highest BCUT2D eigenvalue weighted by Gasteiger charge is 2.30. The lowest BCUT2D eigenvalue weighted by Crippen LogP contribution is -2.28. The smallest absolute Gasteiger partial charge is 0.355 e. The van der Waals surface area contributed by atoms with Crippen molar-refractivity contribution in [3.8, 4) is 0 Å². The topological polar surface area (TPSA) is 72.7 Å². The van der Waals surface area contributed by atoms with E-state index in [0.29, 0.717) is 30.1 Å². The number of amides is 1. The summed E-state index contributed by atoms with van der Waals surface area (Å²) in [6, 6.07) is 10.5. The minimum absolute atomic E-state index is 0.117. The zero-order valence-corrected chi connectivity index (χ0v) is 17.0. The number of rotatable bonds is 8. The summed E-state index contributed by atoms with van der Waals surface area (Å²) in [5, 5.41) is 11.8. The summed E-state index contributed by atoms with van der Waals surface area (Å²) < 4.78 is 40.2. The van der Waals surface area contributed by atoms with Crippen LogP contribution in [0.2, 0.25) is 0 Å². The van der Waals surface area contributed by atoms with Crippen LogP contribution in [0.25, 0.3) is 0 Å². The first-order valence-corrected chi connectivity index (χ1v) is 10.2. The Morgan fingerprint density at radius 1 is 1.17 bits per heavy atom. The number of pyridine rings is 1. The molecule has 3 aromatic rings. The monoisotopic (exact) mass is 435 g/mol. The number of thioether (sulfide) groups is 1. The first-order valence-electron chi connectivity index (χ1n) is 9.17. The highest BCUT2D eigenvalue weighted by Crippen LogP contribution is 2.29. The molecule has 158 valence electrons. The van der Waals surface area contributed by atoms with Crippen LogP contribution in [0.3, 0.4) is 0 Å². The third-order valence-corrected chi connectivity index (χ3v) is 5.34. The van der Waals surface area contributed by atoms with E-state index in [1.165, 1.54) is 23.9 Å². The van der Waals surface area contributed by atoms with E-state index in [0.717, 1.165) is 23.0 Å². The Kier molecular flexibility index (Phi) is 7.09. The first-order chi connectivity index (χ1) is 14.3. The van der Waals surface area contributed by atoms with Gasteiger partial charge in [0.15, 0.2) is 5.16 Å². The zero-order chi connectivity index (χ0) is 21.6. The van der Waals surface area contributed by atoms with Crippen LogP contribution >= 0.6 is 11.8 Å². The molecule has 0 saturated heterocycles. The Balaban J connectivity index is 1.47. The Morgan fingerprint density at radius 2 is 2.00 bits per heavy atom. The van der Waals surface area contributed by atoms with Gasteiger partial charge >= 0.3 is 6.18 Å². The van der Waals surface area contributed by atoms with Gasteiger partial charge in [0.1, 0.15) is 5.82 Å². The maximum atomic E-state index is 12.8. The number of nitrogens with zero attached hydrogens (tertiary/aromatic N) is 4. The highest BCUT2D eigenvalue weighted by atomic mass is 32.2. The number of hydrogen-bond donors (Lipinski definition) is 1. The van der Waals surface area contributed by atoms with E-state index in [1.807, 2.05) is 29.8 Å². The Hall–Kier alpha value is -2.88. The zero-order valence-electron chi connectivity index (χ0n) is 16.2. The third-order valence-electron chi connectivity index (χ3n) is 4.29. The van der Waals surface area contributed by atoms with Crippen molar-refractivity contribution < 1.29 is 18.0 Å². The summed E-state index contributed by atoms with van der Waals surface area (Å²) >= 11 is 1.51. The predicted molar refractivity (Wildman–Crippen MR) is 107 cm³/mol. The van der Waals surface area contributed by atoms with Gasteiger partial charge in [-0.15, -0.1) is 10.2 Å². The van der Waals surface area contributed by atoms with Crippen LogP contribution in [0.1, 0.15) is 22.6 Å². The summed E-state index contributed by atoms with van der Waals surface area (Å²) in [4.78, 5) is 16.3. The van der Waals surface area contributed by atoms with Crippen molar-refractivity contribution in [1.29, 1.82) is 0 Å². The predicted octanol–water partition coefficient (Wildman–Crippen LogP) is 3.42. The maximum absolute atomic E-state index is 12.8. The fourth-order valence-electron chi connectivity index (χ4n) is 2.73. The Bertz CT molecular complexity index is 992. The molecule has 6 nitrogen and oxygen atoms in total. The minimum Gasteiger partial charge on any atom is -0.355 e. The van der Waals surface area contributed by atoms with Gasteiger partial charge in [-0.1, -0.05) is 36.0 Å². The number of hydrogen-bond acceptors (Lipinski definition) is 5. The highest BCUT2D eigenvalue weighted by molar-refractivity contribution is 7.98. The molecule has 0 spiro atoms. The molecule has 0 atom stereocenters. The molecule has 0 saturated carbocycles. The van der Waals surface area contributed by atoms with E-state index >= 15 is 0 Å². The average molecular weight is 435 g/mol. The maximum Gasteiger partial charge on any atom is 0.416 e. The van der Waals surface area contributed by atoms with Crippen LogP contribution in [-0.2, 0) is 36.6 Å². The van der Waals surface area contributed by atoms with Gasteiger partial charge in [0.25, 0.3) is 0 Å². The van der Waals surface area contributed by atoms with E-state index in [9.17, 15) is 18.0 Å². The lowest BCUT2D eigenvalue weighted by atomic mass is 10.1. The molecule has 0 fully saturated rings. The van der Waals surface area contributed by atoms with Crippen molar-refractivity contribution in [2.24, 2.45) is 7.05 Å². The molecular formula is C20H20F3N5OS. The van der Waals surface area contributed by atoms with Crippen molar-refractivity contribution in [1.82, 2.24) is 25.1 Å². The quantitative estimate of drug-likeness (QED) is 0.549. The van der Waals surface area contributed by atoms with Gasteiger partial charge in [0.2, 0.25) is 5.91 Å². The molecule has 2 aromatic heterocycles. The average Bonchev–Trinajstić information content (AvgIpc) is 3.06. The van der Waals surface area contributed by atoms with Gasteiger partial charge in [0.05, 0.1) is 17.7 Å². The summed E-state index contributed by atoms with van der Waals surface area (Å²) in [6.45, 7) is 0.314. The fourth-order valence-corrected chi connectivity index (χ4v) is 3.58. The SMILES string of the molecule is Cn1c(CCNC(=O)Cc2cccc(C(F)(F)F)c2)nnc1SCc1ccccn1. The molecule has 0 aliphatic heterocycles. The van der Waals surface area contributed by atoms with Crippen molar-refractivity contribution in [3.63, 3.8) is 0 Å². The van der Waals surface area contributed by atoms with E-state index < -0.39 is 11.7 Å². The molecule has 2 heterocycles. The molecule has 1 amide bonds. The van der Waals surface area contributed by atoms with Crippen LogP contribution in [0.5, 0.6) is 0 Å². The molecule has 1 aromatic carbocycles. The molecule has 0 radical (unpaired) electrons. The second kappa shape index (κ2) is 9.75. The van der Waals surface area contributed by atoms with Crippen LogP contribution in [-0.4, -0.2) is 32.2 Å². The summed E-state index contributed by atoms with van der Waals surface area (Å²) in [7, 11) is 1.85. The molecule has 0 aliphatic rings. The Morgan fingerprint density at radius 3 is 2.73 bits per heavy atom. The van der Waals surface area contributed by atoms with Gasteiger partial charge < -0.3 is 9.88 Å². The molecule has 0 bridgehead atoms. The normalized spacial score (nSPS) is 11.5. The van der Waals surface area contributed by atoms with Crippen molar-refractivity contribution >= 4 is 17.7 Å². The Labute approximate surface area is 175 Å². The second-order valence-electron chi connectivity index (χ2n) is 6.54. The standard InChI is InChI=1S/C20H20F3N5OS/c1-28-17(26-27-19(28)30-13-16-7-2-3-9-24-16)8-10-25-18(29)12-14-5-4-6-15(11-14)20(21,22)23/h2-7,9,11H,8,10,12-13H2,1H3,(H,25,29). The number of carbonyl (C=O) groups is 1. The lowest BCUT2D eigenvalue weighted by molar-refractivity contribution is -0.137. The number of halogens is 3. The van der Waals surface area contributed by atoms with Crippen LogP contribution in [0.15, 0.2) is 53.8 Å². The van der Waals surface area contributed by atoms with Crippen LogP contribution in [0, 0.1) is 0 Å². The summed E-state index contributed by atoms with van der Waals surface area (Å²) in [5.74, 6) is 1.03. The van der Waals surface area contributed by atoms with Crippen LogP contribution < -0.4 is 5.32 Å². The van der Waals surface area contributed by atoms with Crippen LogP contribution in [0.4, 0.5) is 13.2 Å². The lowest BCUT2D eigenvalue weighted by Gasteiger charge is -2.09. The van der Waals surface area contributed by atoms with Gasteiger partial charge in [-0.25, -0.2) is 0 Å². The van der Waals surface area contributed by atoms with Crippen molar-refractivity contribution in [2.45, 2.75) is 29.9 Å². The van der Waals surface area contributed by atoms with Crippen molar-refractivity contribution in [3.05, 3.63) is 71.3 Å². The first kappa shape index (κ1) is 21.8. The molecule has 0 unspecified atom stereocenters. The molecular weight excluding hydrogens is 415 g/mol. The third kappa shape index (κ3) is 6.06. The number of nitrogens with one attached hydrogen (secondary N) is 1. The molecule has 30 heavy (non-hydrogen) atoms. The fraction of sp³-hybridized carbons (Fsp3) is 0.300. The van der Waals surface area contributed by atoms with E-state index in [4.69, 9.17) is 0 Å². The molecule has 0 aliphatic carbocycles. The number of carbonyl (C=O) groups excluding carboxylic acids is 1. The molecule has 1 N–H and O–H groups in total. The molecule has 3 rings (SSSR count). The summed E-state index contributed by atoms with van der Waals surface area (Å²) in [6.07, 6.45) is -2.35. The number of alkyl halides is 3. The van der Waals surface area contributed by atoms with Crippen molar-refractivity contribution in [2.75, 3.05) is 6.54 Å². The number of aromatic nitrogens is 4. The van der Waals surface area contributed by atoms with E-state index in [-0.39, 0.29) is 12.3 Å². The largest absolute Gasteiger partial charge is 0.416 e. The van der Waals surface area contributed by atoms with Gasteiger partial charge in [-0.3, -0.25) is 9.78 Å². The van der Waals surface area contributed by atoms with E-state index in [2.05, 4.69) is 20.5 Å². The molecule has 10 heteroatoms. The number of benzene rings is 1. The van der Waals surface area contributed by atoms with E-state index in [1.54, 1.807) is 6.20 Å². The van der Waals surface area contributed by atoms with Gasteiger partial charge in [-0.05, 0) is 23.8 Å². The van der Waals surface area contributed by atoms with Gasteiger partial charge in [0, 0.05) is 32.0 Å². The minimum atomic E-state index is -4.43. The van der Waals surface area contributed by atoms with Gasteiger partial charge in [-0.2, -0.15) is 13.2 Å².